The highest BCUT2D eigenvalue weighted by atomic mass is 32.2. The first-order valence-electron chi connectivity index (χ1n) is 10.5. The summed E-state index contributed by atoms with van der Waals surface area (Å²) < 4.78 is 32.8. The van der Waals surface area contributed by atoms with Crippen LogP contribution in [0.25, 0.3) is 0 Å². The molecular weight excluding hydrogens is 406 g/mol. The summed E-state index contributed by atoms with van der Waals surface area (Å²) in [5.74, 6) is -0.0371. The van der Waals surface area contributed by atoms with E-state index in [0.717, 1.165) is 25.7 Å². The molecule has 2 amide bonds. The van der Waals surface area contributed by atoms with Crippen LogP contribution in [-0.4, -0.2) is 46.5 Å². The number of hydrogen-bond acceptors (Lipinski definition) is 5. The third-order valence-electron chi connectivity index (χ3n) is 5.30. The predicted molar refractivity (Wildman–Crippen MR) is 115 cm³/mol. The fourth-order valence-electron chi connectivity index (χ4n) is 3.47. The lowest BCUT2D eigenvalue weighted by Crippen LogP contribution is -2.50. The Morgan fingerprint density at radius 2 is 1.63 bits per heavy atom. The van der Waals surface area contributed by atoms with E-state index in [9.17, 15) is 18.0 Å². The van der Waals surface area contributed by atoms with E-state index in [1.807, 2.05) is 0 Å². The zero-order chi connectivity index (χ0) is 22.1. The molecule has 1 fully saturated rings. The number of sulfonamides is 1. The lowest BCUT2D eigenvalue weighted by Gasteiger charge is -2.22. The van der Waals surface area contributed by atoms with Gasteiger partial charge in [-0.3, -0.25) is 9.59 Å². The number of carbonyl (C=O) groups excluding carboxylic acids is 2. The van der Waals surface area contributed by atoms with Crippen LogP contribution in [0.1, 0.15) is 46.0 Å². The second-order valence-electron chi connectivity index (χ2n) is 7.94. The molecule has 0 aliphatic heterocycles. The van der Waals surface area contributed by atoms with Gasteiger partial charge in [-0.15, -0.1) is 0 Å². The molecule has 0 spiro atoms. The van der Waals surface area contributed by atoms with Crippen LogP contribution in [0.2, 0.25) is 0 Å². The second kappa shape index (κ2) is 11.3. The van der Waals surface area contributed by atoms with Crippen molar-refractivity contribution in [3.63, 3.8) is 0 Å². The predicted octanol–water partition coefficient (Wildman–Crippen LogP) is 1.81. The molecule has 0 saturated heterocycles. The Hall–Kier alpha value is -2.13. The molecule has 1 aromatic carbocycles. The number of amides is 2. The van der Waals surface area contributed by atoms with E-state index < -0.39 is 22.0 Å². The van der Waals surface area contributed by atoms with E-state index in [-0.39, 0.29) is 29.2 Å². The monoisotopic (exact) mass is 439 g/mol. The lowest BCUT2D eigenvalue weighted by atomic mass is 9.89. The van der Waals surface area contributed by atoms with Gasteiger partial charge in [0.1, 0.15) is 11.8 Å². The summed E-state index contributed by atoms with van der Waals surface area (Å²) in [6.45, 7) is 4.10. The molecule has 0 unspecified atom stereocenters. The molecule has 168 valence electrons. The van der Waals surface area contributed by atoms with Crippen LogP contribution in [0.15, 0.2) is 29.2 Å². The fourth-order valence-corrected chi connectivity index (χ4v) is 4.82. The molecule has 0 aromatic heterocycles. The smallest absolute Gasteiger partial charge is 0.241 e. The summed E-state index contributed by atoms with van der Waals surface area (Å²) in [4.78, 5) is 24.8. The summed E-state index contributed by atoms with van der Waals surface area (Å²) in [6.07, 6.45) is 5.18. The number of nitrogens with one attached hydrogen (secondary N) is 3. The zero-order valence-electron chi connectivity index (χ0n) is 17.9. The van der Waals surface area contributed by atoms with Crippen molar-refractivity contribution in [2.45, 2.75) is 56.9 Å². The van der Waals surface area contributed by atoms with Gasteiger partial charge < -0.3 is 15.4 Å². The largest absolute Gasteiger partial charge is 0.497 e. The number of rotatable bonds is 10. The molecule has 1 aliphatic rings. The van der Waals surface area contributed by atoms with Crippen LogP contribution in [0.5, 0.6) is 5.75 Å². The van der Waals surface area contributed by atoms with E-state index in [4.69, 9.17) is 4.74 Å². The zero-order valence-corrected chi connectivity index (χ0v) is 18.8. The average molecular weight is 440 g/mol. The summed E-state index contributed by atoms with van der Waals surface area (Å²) in [5, 5.41) is 5.57. The molecule has 1 atom stereocenters. The van der Waals surface area contributed by atoms with Crippen molar-refractivity contribution >= 4 is 21.8 Å². The van der Waals surface area contributed by atoms with E-state index in [1.165, 1.54) is 25.7 Å². The minimum Gasteiger partial charge on any atom is -0.497 e. The minimum atomic E-state index is -3.87. The van der Waals surface area contributed by atoms with E-state index >= 15 is 0 Å². The van der Waals surface area contributed by atoms with Gasteiger partial charge in [0.25, 0.3) is 0 Å². The molecular formula is C21H33N3O5S. The fraction of sp³-hybridized carbons (Fsp3) is 0.619. The van der Waals surface area contributed by atoms with Gasteiger partial charge in [0, 0.05) is 19.0 Å². The van der Waals surface area contributed by atoms with Crippen LogP contribution < -0.4 is 20.1 Å². The average Bonchev–Trinajstić information content (AvgIpc) is 2.75. The highest BCUT2D eigenvalue weighted by Gasteiger charge is 2.28. The van der Waals surface area contributed by atoms with Crippen LogP contribution >= 0.6 is 0 Å². The summed E-state index contributed by atoms with van der Waals surface area (Å²) in [5.41, 5.74) is 0. The van der Waals surface area contributed by atoms with Crippen LogP contribution in [0, 0.1) is 11.8 Å². The maximum absolute atomic E-state index is 12.7. The van der Waals surface area contributed by atoms with Crippen molar-refractivity contribution < 1.29 is 22.7 Å². The summed E-state index contributed by atoms with van der Waals surface area (Å²) >= 11 is 0. The third kappa shape index (κ3) is 6.98. The van der Waals surface area contributed by atoms with Crippen LogP contribution in [0.3, 0.4) is 0 Å². The second-order valence-corrected chi connectivity index (χ2v) is 9.65. The Bertz CT molecular complexity index is 802. The van der Waals surface area contributed by atoms with Crippen molar-refractivity contribution in [1.29, 1.82) is 0 Å². The summed E-state index contributed by atoms with van der Waals surface area (Å²) in [6, 6.07) is 5.03. The maximum atomic E-state index is 12.7. The molecule has 0 radical (unpaired) electrons. The Labute approximate surface area is 179 Å². The highest BCUT2D eigenvalue weighted by Crippen LogP contribution is 2.23. The van der Waals surface area contributed by atoms with E-state index in [1.54, 1.807) is 26.0 Å². The molecule has 8 nitrogen and oxygen atoms in total. The Kier molecular flexibility index (Phi) is 9.10. The molecule has 1 aliphatic carbocycles. The quantitative estimate of drug-likeness (QED) is 0.481. The first kappa shape index (κ1) is 24.1. The maximum Gasteiger partial charge on any atom is 0.241 e. The number of benzene rings is 1. The summed E-state index contributed by atoms with van der Waals surface area (Å²) in [7, 11) is -2.37. The topological polar surface area (TPSA) is 114 Å². The molecule has 1 saturated carbocycles. The minimum absolute atomic E-state index is 0.0320. The Balaban J connectivity index is 1.86. The van der Waals surface area contributed by atoms with Crippen molar-refractivity contribution in [2.24, 2.45) is 11.8 Å². The number of ether oxygens (including phenoxy) is 1. The van der Waals surface area contributed by atoms with Crippen LogP contribution in [0.4, 0.5) is 0 Å². The normalized spacial score (nSPS) is 16.1. The van der Waals surface area contributed by atoms with Crippen molar-refractivity contribution in [1.82, 2.24) is 15.4 Å². The van der Waals surface area contributed by atoms with Gasteiger partial charge in [0.15, 0.2) is 0 Å². The number of methoxy groups -OCH3 is 1. The molecule has 2 rings (SSSR count). The third-order valence-corrected chi connectivity index (χ3v) is 6.76. The van der Waals surface area contributed by atoms with Gasteiger partial charge >= 0.3 is 0 Å². The molecule has 9 heteroatoms. The molecule has 1 aromatic rings. The van der Waals surface area contributed by atoms with Gasteiger partial charge in [0.2, 0.25) is 21.8 Å². The van der Waals surface area contributed by atoms with Gasteiger partial charge in [-0.25, -0.2) is 8.42 Å². The van der Waals surface area contributed by atoms with Crippen LogP contribution in [-0.2, 0) is 19.6 Å². The van der Waals surface area contributed by atoms with Gasteiger partial charge in [0.05, 0.1) is 12.0 Å². The molecule has 30 heavy (non-hydrogen) atoms. The molecule has 0 bridgehead atoms. The van der Waals surface area contributed by atoms with Crippen molar-refractivity contribution in [3.8, 4) is 5.75 Å². The Morgan fingerprint density at radius 1 is 1.03 bits per heavy atom. The van der Waals surface area contributed by atoms with Gasteiger partial charge in [-0.1, -0.05) is 33.1 Å². The standard InChI is InChI=1S/C21H33N3O5S/c1-15(2)19(24-30(27,28)18-11-9-17(29-3)10-12-18)21(26)23-14-13-22-20(25)16-7-5-4-6-8-16/h9-12,15-16,19,24H,4-8,13-14H2,1-3H3,(H,22,25)(H,23,26)/t19-/m0/s1. The number of carbonyl (C=O) groups is 2. The molecule has 0 heterocycles. The van der Waals surface area contributed by atoms with Crippen molar-refractivity contribution in [3.05, 3.63) is 24.3 Å². The first-order valence-corrected chi connectivity index (χ1v) is 11.9. The highest BCUT2D eigenvalue weighted by molar-refractivity contribution is 7.89. The molecule has 3 N–H and O–H groups in total. The number of hydrogen-bond donors (Lipinski definition) is 3. The Morgan fingerprint density at radius 3 is 2.20 bits per heavy atom. The SMILES string of the molecule is COc1ccc(S(=O)(=O)N[C@H](C(=O)NCCNC(=O)C2CCCCC2)C(C)C)cc1. The van der Waals surface area contributed by atoms with E-state index in [2.05, 4.69) is 15.4 Å². The van der Waals surface area contributed by atoms with Crippen molar-refractivity contribution in [2.75, 3.05) is 20.2 Å². The first-order chi connectivity index (χ1) is 14.2. The lowest BCUT2D eigenvalue weighted by molar-refractivity contribution is -0.126. The van der Waals surface area contributed by atoms with Gasteiger partial charge in [-0.05, 0) is 43.0 Å². The van der Waals surface area contributed by atoms with Gasteiger partial charge in [-0.2, -0.15) is 4.72 Å². The van der Waals surface area contributed by atoms with E-state index in [0.29, 0.717) is 12.3 Å².